The zero-order chi connectivity index (χ0) is 13.2. The number of rotatable bonds is 3. The van der Waals surface area contributed by atoms with Crippen LogP contribution >= 0.6 is 11.8 Å². The minimum absolute atomic E-state index is 0.231. The van der Waals surface area contributed by atoms with E-state index in [4.69, 9.17) is 14.6 Å². The van der Waals surface area contributed by atoms with Crippen LogP contribution in [0.5, 0.6) is 11.5 Å². The summed E-state index contributed by atoms with van der Waals surface area (Å²) in [6.45, 7) is 0.231. The van der Waals surface area contributed by atoms with E-state index in [0.717, 1.165) is 10.6 Å². The summed E-state index contributed by atoms with van der Waals surface area (Å²) in [7, 11) is 0. The number of hydrogen-bond acceptors (Lipinski definition) is 4. The van der Waals surface area contributed by atoms with Crippen LogP contribution in [-0.2, 0) is 0 Å². The Balaban J connectivity index is 1.91. The first-order valence-corrected chi connectivity index (χ1v) is 6.45. The van der Waals surface area contributed by atoms with E-state index in [1.54, 1.807) is 18.2 Å². The maximum absolute atomic E-state index is 11.1. The molecule has 0 fully saturated rings. The molecule has 5 heteroatoms. The number of hydrogen-bond donors (Lipinski definition) is 1. The molecular weight excluding hydrogens is 264 g/mol. The summed E-state index contributed by atoms with van der Waals surface area (Å²) >= 11 is 1.39. The Bertz CT molecular complexity index is 639. The van der Waals surface area contributed by atoms with Gasteiger partial charge in [-0.05, 0) is 30.3 Å². The lowest BCUT2D eigenvalue weighted by molar-refractivity contribution is 0.0693. The van der Waals surface area contributed by atoms with Crippen LogP contribution in [0.1, 0.15) is 10.4 Å². The smallest absolute Gasteiger partial charge is 0.336 e. The molecule has 0 saturated carbocycles. The molecule has 0 amide bonds. The average molecular weight is 274 g/mol. The fourth-order valence-electron chi connectivity index (χ4n) is 1.80. The summed E-state index contributed by atoms with van der Waals surface area (Å²) in [5.74, 6) is 0.484. The zero-order valence-corrected chi connectivity index (χ0v) is 10.6. The molecule has 1 heterocycles. The number of carboxylic acid groups (broad SMARTS) is 1. The Morgan fingerprint density at radius 2 is 1.89 bits per heavy atom. The first kappa shape index (κ1) is 11.9. The number of aromatic carboxylic acids is 1. The van der Waals surface area contributed by atoms with Crippen LogP contribution in [0.15, 0.2) is 52.3 Å². The Kier molecular flexibility index (Phi) is 3.05. The van der Waals surface area contributed by atoms with Crippen molar-refractivity contribution < 1.29 is 19.4 Å². The van der Waals surface area contributed by atoms with Gasteiger partial charge in [0.25, 0.3) is 0 Å². The molecule has 0 aliphatic carbocycles. The van der Waals surface area contributed by atoms with E-state index < -0.39 is 5.97 Å². The maximum Gasteiger partial charge on any atom is 0.336 e. The van der Waals surface area contributed by atoms with Crippen LogP contribution in [0.2, 0.25) is 0 Å². The fraction of sp³-hybridized carbons (Fsp3) is 0.0714. The lowest BCUT2D eigenvalue weighted by atomic mass is 10.2. The Morgan fingerprint density at radius 1 is 1.11 bits per heavy atom. The van der Waals surface area contributed by atoms with Crippen molar-refractivity contribution in [2.45, 2.75) is 9.79 Å². The predicted octanol–water partition coefficient (Wildman–Crippen LogP) is 3.26. The van der Waals surface area contributed by atoms with Crippen molar-refractivity contribution in [1.29, 1.82) is 0 Å². The molecular formula is C14H10O4S. The molecule has 1 aliphatic rings. The van der Waals surface area contributed by atoms with E-state index in [-0.39, 0.29) is 6.79 Å². The summed E-state index contributed by atoms with van der Waals surface area (Å²) in [6, 6.07) is 12.5. The quantitative estimate of drug-likeness (QED) is 0.931. The van der Waals surface area contributed by atoms with Gasteiger partial charge in [0.05, 0.1) is 5.56 Å². The van der Waals surface area contributed by atoms with Crippen molar-refractivity contribution in [3.63, 3.8) is 0 Å². The highest BCUT2D eigenvalue weighted by molar-refractivity contribution is 7.99. The minimum atomic E-state index is -0.927. The van der Waals surface area contributed by atoms with Gasteiger partial charge < -0.3 is 14.6 Å². The second-order valence-corrected chi connectivity index (χ2v) is 5.03. The van der Waals surface area contributed by atoms with Crippen molar-refractivity contribution in [2.24, 2.45) is 0 Å². The molecule has 96 valence electrons. The molecule has 0 atom stereocenters. The van der Waals surface area contributed by atoms with Crippen LogP contribution in [0.25, 0.3) is 0 Å². The van der Waals surface area contributed by atoms with E-state index in [2.05, 4.69) is 0 Å². The SMILES string of the molecule is O=C(O)c1ccccc1Sc1ccc2c(c1)OCO2. The first-order valence-electron chi connectivity index (χ1n) is 5.64. The number of carbonyl (C=O) groups is 1. The van der Waals surface area contributed by atoms with Crippen molar-refractivity contribution in [2.75, 3.05) is 6.79 Å². The van der Waals surface area contributed by atoms with Crippen molar-refractivity contribution in [3.8, 4) is 11.5 Å². The summed E-state index contributed by atoms with van der Waals surface area (Å²) < 4.78 is 10.5. The van der Waals surface area contributed by atoms with Crippen LogP contribution in [0.4, 0.5) is 0 Å². The molecule has 4 nitrogen and oxygen atoms in total. The van der Waals surface area contributed by atoms with Gasteiger partial charge in [0, 0.05) is 9.79 Å². The summed E-state index contributed by atoms with van der Waals surface area (Å²) in [5.41, 5.74) is 0.296. The molecule has 1 N–H and O–H groups in total. The molecule has 2 aromatic rings. The molecule has 3 rings (SSSR count). The topological polar surface area (TPSA) is 55.8 Å². The van der Waals surface area contributed by atoms with E-state index in [9.17, 15) is 4.79 Å². The highest BCUT2D eigenvalue weighted by Crippen LogP contribution is 2.38. The van der Waals surface area contributed by atoms with Crippen molar-refractivity contribution in [3.05, 3.63) is 48.0 Å². The van der Waals surface area contributed by atoms with Crippen LogP contribution in [0.3, 0.4) is 0 Å². The minimum Gasteiger partial charge on any atom is -0.478 e. The van der Waals surface area contributed by atoms with Crippen LogP contribution < -0.4 is 9.47 Å². The van der Waals surface area contributed by atoms with Gasteiger partial charge >= 0.3 is 5.97 Å². The third-order valence-corrected chi connectivity index (χ3v) is 3.75. The highest BCUT2D eigenvalue weighted by atomic mass is 32.2. The Hall–Kier alpha value is -2.14. The molecule has 2 aromatic carbocycles. The normalized spacial score (nSPS) is 12.4. The molecule has 0 unspecified atom stereocenters. The van der Waals surface area contributed by atoms with E-state index in [0.29, 0.717) is 16.2 Å². The van der Waals surface area contributed by atoms with E-state index in [1.165, 1.54) is 11.8 Å². The van der Waals surface area contributed by atoms with Crippen molar-refractivity contribution in [1.82, 2.24) is 0 Å². The molecule has 0 bridgehead atoms. The number of ether oxygens (including phenoxy) is 2. The van der Waals surface area contributed by atoms with Gasteiger partial charge in [-0.25, -0.2) is 4.79 Å². The second kappa shape index (κ2) is 4.85. The Labute approximate surface area is 114 Å². The van der Waals surface area contributed by atoms with Gasteiger partial charge in [0.1, 0.15) is 0 Å². The zero-order valence-electron chi connectivity index (χ0n) is 9.83. The molecule has 0 spiro atoms. The molecule has 1 aliphatic heterocycles. The van der Waals surface area contributed by atoms with Gasteiger partial charge in [0.15, 0.2) is 11.5 Å². The highest BCUT2D eigenvalue weighted by Gasteiger charge is 2.15. The van der Waals surface area contributed by atoms with Gasteiger partial charge in [0.2, 0.25) is 6.79 Å². The number of carboxylic acids is 1. The number of fused-ring (bicyclic) bond motifs is 1. The third-order valence-electron chi connectivity index (χ3n) is 2.69. The number of benzene rings is 2. The summed E-state index contributed by atoms with van der Waals surface area (Å²) in [5, 5.41) is 9.14. The Morgan fingerprint density at radius 3 is 2.74 bits per heavy atom. The van der Waals surface area contributed by atoms with Gasteiger partial charge in [-0.15, -0.1) is 0 Å². The standard InChI is InChI=1S/C14H10O4S/c15-14(16)10-3-1-2-4-13(10)19-9-5-6-11-12(7-9)18-8-17-11/h1-7H,8H2,(H,15,16). The second-order valence-electron chi connectivity index (χ2n) is 3.92. The largest absolute Gasteiger partial charge is 0.478 e. The fourth-order valence-corrected chi connectivity index (χ4v) is 2.77. The molecule has 0 saturated heterocycles. The van der Waals surface area contributed by atoms with Gasteiger partial charge in [-0.3, -0.25) is 0 Å². The van der Waals surface area contributed by atoms with Gasteiger partial charge in [-0.1, -0.05) is 23.9 Å². The first-order chi connectivity index (χ1) is 9.24. The average Bonchev–Trinajstić information content (AvgIpc) is 2.86. The van der Waals surface area contributed by atoms with E-state index >= 15 is 0 Å². The lowest BCUT2D eigenvalue weighted by Crippen LogP contribution is -1.97. The van der Waals surface area contributed by atoms with Crippen LogP contribution in [0, 0.1) is 0 Å². The lowest BCUT2D eigenvalue weighted by Gasteiger charge is -2.06. The van der Waals surface area contributed by atoms with Gasteiger partial charge in [-0.2, -0.15) is 0 Å². The monoisotopic (exact) mass is 274 g/mol. The summed E-state index contributed by atoms with van der Waals surface area (Å²) in [4.78, 5) is 12.8. The molecule has 19 heavy (non-hydrogen) atoms. The summed E-state index contributed by atoms with van der Waals surface area (Å²) in [6.07, 6.45) is 0. The molecule has 0 aromatic heterocycles. The maximum atomic E-state index is 11.1. The van der Waals surface area contributed by atoms with Crippen LogP contribution in [-0.4, -0.2) is 17.9 Å². The van der Waals surface area contributed by atoms with Crippen molar-refractivity contribution >= 4 is 17.7 Å². The third kappa shape index (κ3) is 2.37. The molecule has 0 radical (unpaired) electrons. The predicted molar refractivity (Wildman–Crippen MR) is 70.1 cm³/mol. The van der Waals surface area contributed by atoms with E-state index in [1.807, 2.05) is 24.3 Å².